The van der Waals surface area contributed by atoms with E-state index >= 15 is 0 Å². The summed E-state index contributed by atoms with van der Waals surface area (Å²) in [7, 11) is 0. The van der Waals surface area contributed by atoms with Crippen LogP contribution in [0.4, 0.5) is 5.69 Å². The lowest BCUT2D eigenvalue weighted by Crippen LogP contribution is -2.52. The Labute approximate surface area is 131 Å². The minimum absolute atomic E-state index is 0.0648. The van der Waals surface area contributed by atoms with Gasteiger partial charge in [0.05, 0.1) is 6.42 Å². The summed E-state index contributed by atoms with van der Waals surface area (Å²) in [6.07, 6.45) is 2.81. The smallest absolute Gasteiger partial charge is 0.228 e. The van der Waals surface area contributed by atoms with Crippen molar-refractivity contribution >= 4 is 17.5 Å². The number of benzene rings is 1. The fraction of sp³-hybridized carbons (Fsp3) is 0.529. The molecule has 2 aliphatic rings. The van der Waals surface area contributed by atoms with Crippen LogP contribution in [0, 0.1) is 0 Å². The number of carbonyl (C=O) groups is 2. The molecule has 0 aromatic heterocycles. The Hall–Kier alpha value is -1.88. The number of hydrogen-bond acceptors (Lipinski definition) is 3. The maximum absolute atomic E-state index is 12.3. The normalized spacial score (nSPS) is 20.7. The van der Waals surface area contributed by atoms with E-state index in [9.17, 15) is 9.59 Å². The molecule has 1 atom stereocenters. The fourth-order valence-electron chi connectivity index (χ4n) is 3.24. The zero-order valence-electron chi connectivity index (χ0n) is 13.0. The minimum Gasteiger partial charge on any atom is -0.337 e. The molecule has 0 unspecified atom stereocenters. The minimum atomic E-state index is 0.0648. The third-order valence-electron chi connectivity index (χ3n) is 4.47. The van der Waals surface area contributed by atoms with Crippen molar-refractivity contribution in [3.8, 4) is 0 Å². The number of aryl methyl sites for hydroxylation is 1. The number of hydrogen-bond donors (Lipinski definition) is 2. The molecule has 22 heavy (non-hydrogen) atoms. The second-order valence-corrected chi connectivity index (χ2v) is 6.21. The van der Waals surface area contributed by atoms with Gasteiger partial charge in [0.25, 0.3) is 0 Å². The molecule has 2 heterocycles. The lowest BCUT2D eigenvalue weighted by Gasteiger charge is -2.34. The first-order valence-electron chi connectivity index (χ1n) is 8.05. The molecule has 2 aliphatic heterocycles. The molecule has 0 spiro atoms. The van der Waals surface area contributed by atoms with Crippen molar-refractivity contribution in [1.82, 2.24) is 10.2 Å². The molecule has 2 amide bonds. The van der Waals surface area contributed by atoms with E-state index in [1.165, 1.54) is 5.56 Å². The van der Waals surface area contributed by atoms with Crippen LogP contribution in [0.15, 0.2) is 18.2 Å². The van der Waals surface area contributed by atoms with Gasteiger partial charge in [0.2, 0.25) is 11.8 Å². The molecule has 2 N–H and O–H groups in total. The highest BCUT2D eigenvalue weighted by molar-refractivity contribution is 5.99. The standard InChI is InChI=1S/C17H23N3O2/c1-12-11-18-7-8-20(12)17(22)4-2-3-13-5-6-15-14(9-13)10-16(21)19-15/h5-6,9,12,18H,2-4,7-8,10-11H2,1H3,(H,19,21)/t12-/m1/s1. The topological polar surface area (TPSA) is 61.4 Å². The van der Waals surface area contributed by atoms with Crippen molar-refractivity contribution in [3.05, 3.63) is 29.3 Å². The van der Waals surface area contributed by atoms with Crippen molar-refractivity contribution in [2.24, 2.45) is 0 Å². The number of piperazine rings is 1. The maximum Gasteiger partial charge on any atom is 0.228 e. The highest BCUT2D eigenvalue weighted by atomic mass is 16.2. The van der Waals surface area contributed by atoms with Crippen molar-refractivity contribution in [2.75, 3.05) is 25.0 Å². The molecule has 1 aromatic rings. The fourth-order valence-corrected chi connectivity index (χ4v) is 3.24. The van der Waals surface area contributed by atoms with Crippen LogP contribution in [0.5, 0.6) is 0 Å². The number of anilines is 1. The Morgan fingerprint density at radius 2 is 2.27 bits per heavy atom. The predicted octanol–water partition coefficient (Wildman–Crippen LogP) is 1.32. The van der Waals surface area contributed by atoms with Gasteiger partial charge in [0, 0.05) is 37.8 Å². The average molecular weight is 301 g/mol. The number of carbonyl (C=O) groups excluding carboxylic acids is 2. The summed E-state index contributed by atoms with van der Waals surface area (Å²) >= 11 is 0. The van der Waals surface area contributed by atoms with Crippen LogP contribution in [-0.4, -0.2) is 42.4 Å². The SMILES string of the molecule is C[C@@H]1CNCCN1C(=O)CCCc1ccc2c(c1)CC(=O)N2. The van der Waals surface area contributed by atoms with Crippen LogP contribution in [0.3, 0.4) is 0 Å². The third kappa shape index (κ3) is 3.30. The highest BCUT2D eigenvalue weighted by Crippen LogP contribution is 2.24. The molecule has 5 heteroatoms. The quantitative estimate of drug-likeness (QED) is 0.882. The second kappa shape index (κ2) is 6.48. The summed E-state index contributed by atoms with van der Waals surface area (Å²) in [5.74, 6) is 0.321. The van der Waals surface area contributed by atoms with Gasteiger partial charge in [0.15, 0.2) is 0 Å². The average Bonchev–Trinajstić information content (AvgIpc) is 2.87. The number of rotatable bonds is 4. The van der Waals surface area contributed by atoms with E-state index in [-0.39, 0.29) is 11.8 Å². The van der Waals surface area contributed by atoms with E-state index in [4.69, 9.17) is 0 Å². The molecule has 3 rings (SSSR count). The third-order valence-corrected chi connectivity index (χ3v) is 4.47. The van der Waals surface area contributed by atoms with E-state index < -0.39 is 0 Å². The summed E-state index contributed by atoms with van der Waals surface area (Å²) in [5, 5.41) is 6.14. The van der Waals surface area contributed by atoms with E-state index in [0.717, 1.165) is 43.7 Å². The van der Waals surface area contributed by atoms with Gasteiger partial charge >= 0.3 is 0 Å². The summed E-state index contributed by atoms with van der Waals surface area (Å²) in [5.41, 5.74) is 3.21. The molecule has 0 radical (unpaired) electrons. The largest absolute Gasteiger partial charge is 0.337 e. The Balaban J connectivity index is 1.50. The van der Waals surface area contributed by atoms with Crippen molar-refractivity contribution < 1.29 is 9.59 Å². The number of nitrogens with zero attached hydrogens (tertiary/aromatic N) is 1. The number of nitrogens with one attached hydrogen (secondary N) is 2. The monoisotopic (exact) mass is 301 g/mol. The first-order chi connectivity index (χ1) is 10.6. The Morgan fingerprint density at radius 3 is 3.09 bits per heavy atom. The zero-order chi connectivity index (χ0) is 15.5. The van der Waals surface area contributed by atoms with Gasteiger partial charge < -0.3 is 15.5 Å². The second-order valence-electron chi connectivity index (χ2n) is 6.21. The van der Waals surface area contributed by atoms with Crippen molar-refractivity contribution in [2.45, 2.75) is 38.6 Å². The van der Waals surface area contributed by atoms with Gasteiger partial charge in [-0.2, -0.15) is 0 Å². The van der Waals surface area contributed by atoms with Gasteiger partial charge in [-0.15, -0.1) is 0 Å². The first-order valence-corrected chi connectivity index (χ1v) is 8.05. The molecule has 1 aromatic carbocycles. The van der Waals surface area contributed by atoms with Crippen LogP contribution in [-0.2, 0) is 22.4 Å². The van der Waals surface area contributed by atoms with Gasteiger partial charge in [-0.1, -0.05) is 12.1 Å². The van der Waals surface area contributed by atoms with Crippen molar-refractivity contribution in [1.29, 1.82) is 0 Å². The van der Waals surface area contributed by atoms with E-state index in [2.05, 4.69) is 23.6 Å². The van der Waals surface area contributed by atoms with Gasteiger partial charge in [-0.05, 0) is 37.0 Å². The molecule has 0 bridgehead atoms. The van der Waals surface area contributed by atoms with Gasteiger partial charge in [0.1, 0.15) is 0 Å². The molecule has 0 aliphatic carbocycles. The van der Waals surface area contributed by atoms with Crippen LogP contribution in [0.2, 0.25) is 0 Å². The maximum atomic E-state index is 12.3. The van der Waals surface area contributed by atoms with Crippen LogP contribution in [0.25, 0.3) is 0 Å². The van der Waals surface area contributed by atoms with E-state index in [1.807, 2.05) is 17.0 Å². The van der Waals surface area contributed by atoms with Gasteiger partial charge in [-0.25, -0.2) is 0 Å². The molecule has 0 saturated carbocycles. The molecular formula is C17H23N3O2. The Kier molecular flexibility index (Phi) is 4.43. The number of fused-ring (bicyclic) bond motifs is 1. The lowest BCUT2D eigenvalue weighted by atomic mass is 10.0. The summed E-state index contributed by atoms with van der Waals surface area (Å²) in [6.45, 7) is 4.68. The molecular weight excluding hydrogens is 278 g/mol. The Bertz CT molecular complexity index is 585. The van der Waals surface area contributed by atoms with Crippen molar-refractivity contribution in [3.63, 3.8) is 0 Å². The summed E-state index contributed by atoms with van der Waals surface area (Å²) < 4.78 is 0. The predicted molar refractivity (Wildman–Crippen MR) is 85.8 cm³/mol. The highest BCUT2D eigenvalue weighted by Gasteiger charge is 2.22. The molecule has 1 saturated heterocycles. The summed E-state index contributed by atoms with van der Waals surface area (Å²) in [4.78, 5) is 25.6. The molecule has 118 valence electrons. The van der Waals surface area contributed by atoms with Gasteiger partial charge in [-0.3, -0.25) is 9.59 Å². The van der Waals surface area contributed by atoms with Crippen LogP contribution >= 0.6 is 0 Å². The zero-order valence-corrected chi connectivity index (χ0v) is 13.0. The first kappa shape index (κ1) is 15.0. The number of amides is 2. The van der Waals surface area contributed by atoms with Crippen LogP contribution < -0.4 is 10.6 Å². The van der Waals surface area contributed by atoms with E-state index in [1.54, 1.807) is 0 Å². The Morgan fingerprint density at radius 1 is 1.41 bits per heavy atom. The lowest BCUT2D eigenvalue weighted by molar-refractivity contribution is -0.134. The molecule has 5 nitrogen and oxygen atoms in total. The summed E-state index contributed by atoms with van der Waals surface area (Å²) in [6, 6.07) is 6.39. The van der Waals surface area contributed by atoms with Crippen LogP contribution in [0.1, 0.15) is 30.9 Å². The van der Waals surface area contributed by atoms with E-state index in [0.29, 0.717) is 18.9 Å². The molecule has 1 fully saturated rings.